The van der Waals surface area contributed by atoms with E-state index in [9.17, 15) is 5.11 Å². The number of aliphatic hydroxyl groups excluding tert-OH is 1. The summed E-state index contributed by atoms with van der Waals surface area (Å²) in [5.74, 6) is 1.18. The van der Waals surface area contributed by atoms with E-state index >= 15 is 0 Å². The van der Waals surface area contributed by atoms with Gasteiger partial charge in [-0.15, -0.1) is 0 Å². The van der Waals surface area contributed by atoms with Crippen molar-refractivity contribution >= 4 is 0 Å². The molecule has 1 aliphatic carbocycles. The molecule has 0 radical (unpaired) electrons. The van der Waals surface area contributed by atoms with E-state index in [0.29, 0.717) is 12.0 Å². The van der Waals surface area contributed by atoms with Gasteiger partial charge in [0.2, 0.25) is 5.88 Å². The molecule has 1 aromatic heterocycles. The molecule has 3 rings (SSSR count). The van der Waals surface area contributed by atoms with E-state index in [4.69, 9.17) is 4.74 Å². The largest absolute Gasteiger partial charge is 0.481 e. The maximum Gasteiger partial charge on any atom is 0.217 e. The molecule has 1 aliphatic heterocycles. The number of hydrogen-bond donors (Lipinski definition) is 1. The van der Waals surface area contributed by atoms with E-state index in [0.717, 1.165) is 31.0 Å². The van der Waals surface area contributed by atoms with Crippen molar-refractivity contribution in [2.45, 2.75) is 57.2 Å². The Hall–Kier alpha value is -1.13. The van der Waals surface area contributed by atoms with Crippen LogP contribution in [0.15, 0.2) is 18.3 Å². The molecule has 4 nitrogen and oxygen atoms in total. The molecule has 0 amide bonds. The van der Waals surface area contributed by atoms with Gasteiger partial charge in [0.1, 0.15) is 0 Å². The van der Waals surface area contributed by atoms with Gasteiger partial charge in [-0.25, -0.2) is 4.98 Å². The van der Waals surface area contributed by atoms with Crippen molar-refractivity contribution in [2.24, 2.45) is 5.92 Å². The molecule has 3 unspecified atom stereocenters. The van der Waals surface area contributed by atoms with Crippen molar-refractivity contribution < 1.29 is 9.84 Å². The highest BCUT2D eigenvalue weighted by Crippen LogP contribution is 2.35. The van der Waals surface area contributed by atoms with Crippen LogP contribution in [0.1, 0.15) is 44.1 Å². The van der Waals surface area contributed by atoms with Crippen LogP contribution in [0.4, 0.5) is 0 Å². The van der Waals surface area contributed by atoms with E-state index in [1.165, 1.54) is 32.1 Å². The number of methoxy groups -OCH3 is 1. The van der Waals surface area contributed by atoms with Gasteiger partial charge in [-0.1, -0.05) is 18.9 Å². The summed E-state index contributed by atoms with van der Waals surface area (Å²) in [6, 6.07) is 4.59. The molecule has 3 atom stereocenters. The Balaban J connectivity index is 1.72. The quantitative estimate of drug-likeness (QED) is 0.926. The zero-order valence-corrected chi connectivity index (χ0v) is 12.9. The number of pyridine rings is 1. The summed E-state index contributed by atoms with van der Waals surface area (Å²) in [6.45, 7) is 2.00. The second-order valence-electron chi connectivity index (χ2n) is 6.37. The zero-order valence-electron chi connectivity index (χ0n) is 12.9. The van der Waals surface area contributed by atoms with E-state index in [1.54, 1.807) is 13.3 Å². The van der Waals surface area contributed by atoms with Crippen LogP contribution < -0.4 is 4.74 Å². The number of rotatable bonds is 4. The van der Waals surface area contributed by atoms with Gasteiger partial charge < -0.3 is 9.84 Å². The van der Waals surface area contributed by atoms with Crippen LogP contribution in [0.5, 0.6) is 5.88 Å². The van der Waals surface area contributed by atoms with Crippen LogP contribution in [-0.2, 0) is 6.54 Å². The molecule has 2 fully saturated rings. The summed E-state index contributed by atoms with van der Waals surface area (Å²) >= 11 is 0. The summed E-state index contributed by atoms with van der Waals surface area (Å²) < 4.78 is 5.37. The molecule has 21 heavy (non-hydrogen) atoms. The molecule has 1 saturated carbocycles. The normalized spacial score (nSPS) is 30.5. The standard InChI is InChI=1S/C17H26N2O2/c1-21-17-13(6-4-10-18-17)12-19-11-5-8-15(19)14-7-2-3-9-16(14)20/h4,6,10,14-16,20H,2-3,5,7-9,11-12H2,1H3. The highest BCUT2D eigenvalue weighted by atomic mass is 16.5. The topological polar surface area (TPSA) is 45.6 Å². The predicted octanol–water partition coefficient (Wildman–Crippen LogP) is 2.61. The van der Waals surface area contributed by atoms with Crippen LogP contribution in [0, 0.1) is 5.92 Å². The molecule has 116 valence electrons. The highest BCUT2D eigenvalue weighted by Gasteiger charge is 2.36. The monoisotopic (exact) mass is 290 g/mol. The molecule has 1 aromatic rings. The van der Waals surface area contributed by atoms with E-state index < -0.39 is 0 Å². The van der Waals surface area contributed by atoms with Crippen LogP contribution in [0.2, 0.25) is 0 Å². The first-order valence-corrected chi connectivity index (χ1v) is 8.19. The van der Waals surface area contributed by atoms with Gasteiger partial charge in [0.05, 0.1) is 13.2 Å². The highest BCUT2D eigenvalue weighted by molar-refractivity contribution is 5.25. The maximum absolute atomic E-state index is 10.4. The summed E-state index contributed by atoms with van der Waals surface area (Å²) in [7, 11) is 1.68. The van der Waals surface area contributed by atoms with Crippen LogP contribution >= 0.6 is 0 Å². The lowest BCUT2D eigenvalue weighted by molar-refractivity contribution is 0.0200. The van der Waals surface area contributed by atoms with Crippen molar-refractivity contribution in [1.29, 1.82) is 0 Å². The van der Waals surface area contributed by atoms with E-state index in [2.05, 4.69) is 16.0 Å². The van der Waals surface area contributed by atoms with Crippen molar-refractivity contribution in [3.05, 3.63) is 23.9 Å². The van der Waals surface area contributed by atoms with E-state index in [1.807, 2.05) is 6.07 Å². The first-order chi connectivity index (χ1) is 10.3. The second kappa shape index (κ2) is 6.75. The number of hydrogen-bond acceptors (Lipinski definition) is 4. The number of aliphatic hydroxyl groups is 1. The molecule has 0 bridgehead atoms. The molecule has 4 heteroatoms. The van der Waals surface area contributed by atoms with Gasteiger partial charge in [0, 0.05) is 30.3 Å². The van der Waals surface area contributed by atoms with Gasteiger partial charge >= 0.3 is 0 Å². The lowest BCUT2D eigenvalue weighted by atomic mass is 9.80. The third kappa shape index (κ3) is 3.22. The summed E-state index contributed by atoms with van der Waals surface area (Å²) in [5, 5.41) is 10.4. The zero-order chi connectivity index (χ0) is 14.7. The van der Waals surface area contributed by atoms with Crippen LogP contribution in [-0.4, -0.2) is 40.8 Å². The molecule has 2 heterocycles. The van der Waals surface area contributed by atoms with Crippen LogP contribution in [0.25, 0.3) is 0 Å². The smallest absolute Gasteiger partial charge is 0.217 e. The molecular weight excluding hydrogens is 264 g/mol. The molecule has 1 saturated heterocycles. The first kappa shape index (κ1) is 14.8. The minimum absolute atomic E-state index is 0.111. The van der Waals surface area contributed by atoms with Gasteiger partial charge in [-0.3, -0.25) is 4.90 Å². The third-order valence-corrected chi connectivity index (χ3v) is 5.11. The number of ether oxygens (including phenoxy) is 1. The number of aromatic nitrogens is 1. The number of likely N-dealkylation sites (tertiary alicyclic amines) is 1. The van der Waals surface area contributed by atoms with Gasteiger partial charge in [0.25, 0.3) is 0 Å². The average molecular weight is 290 g/mol. The summed E-state index contributed by atoms with van der Waals surface area (Å²) in [6.07, 6.45) is 8.70. The SMILES string of the molecule is COc1ncccc1CN1CCCC1C1CCCCC1O. The Kier molecular flexibility index (Phi) is 4.76. The Morgan fingerprint density at radius 3 is 2.95 bits per heavy atom. The molecule has 1 N–H and O–H groups in total. The fourth-order valence-electron chi connectivity index (χ4n) is 4.07. The predicted molar refractivity (Wildman–Crippen MR) is 82.2 cm³/mol. The Labute approximate surface area is 127 Å². The Morgan fingerprint density at radius 1 is 1.29 bits per heavy atom. The maximum atomic E-state index is 10.4. The third-order valence-electron chi connectivity index (χ3n) is 5.11. The Morgan fingerprint density at radius 2 is 2.14 bits per heavy atom. The molecule has 0 spiro atoms. The van der Waals surface area contributed by atoms with Crippen molar-refractivity contribution in [1.82, 2.24) is 9.88 Å². The Bertz CT molecular complexity index is 466. The second-order valence-corrected chi connectivity index (χ2v) is 6.37. The van der Waals surface area contributed by atoms with Crippen LogP contribution in [0.3, 0.4) is 0 Å². The lowest BCUT2D eigenvalue weighted by Crippen LogP contribution is -2.42. The first-order valence-electron chi connectivity index (χ1n) is 8.19. The summed E-state index contributed by atoms with van der Waals surface area (Å²) in [5.41, 5.74) is 1.15. The van der Waals surface area contributed by atoms with Gasteiger partial charge in [0.15, 0.2) is 0 Å². The van der Waals surface area contributed by atoms with Crippen molar-refractivity contribution in [2.75, 3.05) is 13.7 Å². The molecule has 2 aliphatic rings. The molecular formula is C17H26N2O2. The van der Waals surface area contributed by atoms with Crippen molar-refractivity contribution in [3.63, 3.8) is 0 Å². The van der Waals surface area contributed by atoms with E-state index in [-0.39, 0.29) is 6.10 Å². The fourth-order valence-corrected chi connectivity index (χ4v) is 4.07. The van der Waals surface area contributed by atoms with Crippen molar-refractivity contribution in [3.8, 4) is 5.88 Å². The lowest BCUT2D eigenvalue weighted by Gasteiger charge is -2.37. The molecule has 0 aromatic carbocycles. The minimum Gasteiger partial charge on any atom is -0.481 e. The fraction of sp³-hybridized carbons (Fsp3) is 0.706. The minimum atomic E-state index is -0.111. The number of nitrogens with zero attached hydrogens (tertiary/aromatic N) is 2. The van der Waals surface area contributed by atoms with Gasteiger partial charge in [-0.05, 0) is 38.3 Å². The average Bonchev–Trinajstić information content (AvgIpc) is 2.96. The van der Waals surface area contributed by atoms with Gasteiger partial charge in [-0.2, -0.15) is 0 Å². The summed E-state index contributed by atoms with van der Waals surface area (Å²) in [4.78, 5) is 6.82.